The topological polar surface area (TPSA) is 52.9 Å². The zero-order chi connectivity index (χ0) is 13.1. The molecule has 0 fully saturated rings. The SMILES string of the molecule is Cc1cc(C)cc(C(=O)NCC(C)(C)C#N)c1. The number of nitrogens with zero attached hydrogens (tertiary/aromatic N) is 1. The van der Waals surface area contributed by atoms with Crippen LogP contribution < -0.4 is 5.32 Å². The van der Waals surface area contributed by atoms with E-state index in [1.165, 1.54) is 0 Å². The van der Waals surface area contributed by atoms with Crippen molar-refractivity contribution in [2.24, 2.45) is 5.41 Å². The highest BCUT2D eigenvalue weighted by Crippen LogP contribution is 2.12. The molecule has 0 saturated heterocycles. The minimum absolute atomic E-state index is 0.125. The van der Waals surface area contributed by atoms with Crippen molar-refractivity contribution in [1.82, 2.24) is 5.32 Å². The normalized spacial score (nSPS) is 10.8. The molecule has 0 aliphatic rings. The highest BCUT2D eigenvalue weighted by molar-refractivity contribution is 5.94. The van der Waals surface area contributed by atoms with Crippen molar-refractivity contribution < 1.29 is 4.79 Å². The molecule has 0 heterocycles. The second kappa shape index (κ2) is 5.01. The summed E-state index contributed by atoms with van der Waals surface area (Å²) in [6.07, 6.45) is 0. The largest absolute Gasteiger partial charge is 0.350 e. The smallest absolute Gasteiger partial charge is 0.251 e. The van der Waals surface area contributed by atoms with Crippen LogP contribution in [0.3, 0.4) is 0 Å². The van der Waals surface area contributed by atoms with E-state index in [1.807, 2.05) is 32.0 Å². The number of hydrogen-bond acceptors (Lipinski definition) is 2. The zero-order valence-corrected chi connectivity index (χ0v) is 10.8. The fraction of sp³-hybridized carbons (Fsp3) is 0.429. The number of nitrogens with one attached hydrogen (secondary N) is 1. The first-order valence-corrected chi connectivity index (χ1v) is 5.62. The number of carbonyl (C=O) groups excluding carboxylic acids is 1. The Morgan fingerprint density at radius 3 is 2.29 bits per heavy atom. The van der Waals surface area contributed by atoms with Gasteiger partial charge in [-0.05, 0) is 39.8 Å². The van der Waals surface area contributed by atoms with Gasteiger partial charge in [0.05, 0.1) is 11.5 Å². The number of carbonyl (C=O) groups is 1. The van der Waals surface area contributed by atoms with E-state index < -0.39 is 5.41 Å². The summed E-state index contributed by atoms with van der Waals surface area (Å²) in [6, 6.07) is 7.88. The summed E-state index contributed by atoms with van der Waals surface area (Å²) >= 11 is 0. The third kappa shape index (κ3) is 3.92. The van der Waals surface area contributed by atoms with Crippen LogP contribution in [0.15, 0.2) is 18.2 Å². The van der Waals surface area contributed by atoms with Gasteiger partial charge in [0, 0.05) is 12.1 Å². The predicted molar refractivity (Wildman–Crippen MR) is 67.6 cm³/mol. The Morgan fingerprint density at radius 1 is 1.29 bits per heavy atom. The number of hydrogen-bond donors (Lipinski definition) is 1. The summed E-state index contributed by atoms with van der Waals surface area (Å²) in [5, 5.41) is 11.6. The summed E-state index contributed by atoms with van der Waals surface area (Å²) in [5.74, 6) is -0.125. The maximum atomic E-state index is 11.9. The van der Waals surface area contributed by atoms with Gasteiger partial charge in [-0.25, -0.2) is 0 Å². The van der Waals surface area contributed by atoms with Crippen molar-refractivity contribution in [3.8, 4) is 6.07 Å². The maximum absolute atomic E-state index is 11.9. The highest BCUT2D eigenvalue weighted by Gasteiger charge is 2.18. The van der Waals surface area contributed by atoms with Gasteiger partial charge in [-0.2, -0.15) is 5.26 Å². The molecule has 0 aliphatic heterocycles. The Morgan fingerprint density at radius 2 is 1.82 bits per heavy atom. The van der Waals surface area contributed by atoms with E-state index in [4.69, 9.17) is 5.26 Å². The molecule has 0 aliphatic carbocycles. The standard InChI is InChI=1S/C14H18N2O/c1-10-5-11(2)7-12(6-10)13(17)16-9-14(3,4)8-15/h5-7H,9H2,1-4H3,(H,16,17). The van der Waals surface area contributed by atoms with Crippen LogP contribution in [0.5, 0.6) is 0 Å². The molecule has 3 nitrogen and oxygen atoms in total. The Balaban J connectivity index is 2.75. The van der Waals surface area contributed by atoms with Crippen LogP contribution >= 0.6 is 0 Å². The van der Waals surface area contributed by atoms with E-state index >= 15 is 0 Å². The molecule has 0 saturated carbocycles. The minimum atomic E-state index is -0.533. The van der Waals surface area contributed by atoms with Crippen molar-refractivity contribution in [2.75, 3.05) is 6.54 Å². The van der Waals surface area contributed by atoms with Crippen LogP contribution in [-0.2, 0) is 0 Å². The molecule has 3 heteroatoms. The number of nitriles is 1. The summed E-state index contributed by atoms with van der Waals surface area (Å²) in [5.41, 5.74) is 2.25. The minimum Gasteiger partial charge on any atom is -0.350 e. The van der Waals surface area contributed by atoms with Gasteiger partial charge in [0.25, 0.3) is 5.91 Å². The van der Waals surface area contributed by atoms with Crippen LogP contribution in [0, 0.1) is 30.6 Å². The highest BCUT2D eigenvalue weighted by atomic mass is 16.1. The van der Waals surface area contributed by atoms with Gasteiger partial charge in [0.15, 0.2) is 0 Å². The molecule has 1 aromatic rings. The molecule has 1 rings (SSSR count). The third-order valence-corrected chi connectivity index (χ3v) is 2.48. The van der Waals surface area contributed by atoms with Crippen molar-refractivity contribution >= 4 is 5.91 Å². The number of amides is 1. The summed E-state index contributed by atoms with van der Waals surface area (Å²) in [7, 11) is 0. The number of aryl methyl sites for hydroxylation is 2. The van der Waals surface area contributed by atoms with Crippen molar-refractivity contribution in [3.63, 3.8) is 0 Å². The molecule has 90 valence electrons. The number of benzene rings is 1. The third-order valence-electron chi connectivity index (χ3n) is 2.48. The second-order valence-corrected chi connectivity index (χ2v) is 5.05. The fourth-order valence-electron chi connectivity index (χ4n) is 1.55. The van der Waals surface area contributed by atoms with Gasteiger partial charge in [0.1, 0.15) is 0 Å². The molecular weight excluding hydrogens is 212 g/mol. The summed E-state index contributed by atoms with van der Waals surface area (Å²) in [4.78, 5) is 11.9. The molecule has 0 bridgehead atoms. The van der Waals surface area contributed by atoms with Crippen LogP contribution in [0.2, 0.25) is 0 Å². The molecule has 1 amide bonds. The van der Waals surface area contributed by atoms with E-state index in [1.54, 1.807) is 13.8 Å². The van der Waals surface area contributed by atoms with Crippen LogP contribution in [0.1, 0.15) is 35.3 Å². The summed E-state index contributed by atoms with van der Waals surface area (Å²) < 4.78 is 0. The summed E-state index contributed by atoms with van der Waals surface area (Å²) in [6.45, 7) is 7.88. The average molecular weight is 230 g/mol. The molecule has 1 N–H and O–H groups in total. The van der Waals surface area contributed by atoms with Crippen LogP contribution in [0.4, 0.5) is 0 Å². The first kappa shape index (κ1) is 13.2. The van der Waals surface area contributed by atoms with Gasteiger partial charge in [-0.1, -0.05) is 17.2 Å². The molecule has 17 heavy (non-hydrogen) atoms. The number of rotatable bonds is 3. The Hall–Kier alpha value is -1.82. The zero-order valence-electron chi connectivity index (χ0n) is 10.8. The molecule has 1 aromatic carbocycles. The lowest BCUT2D eigenvalue weighted by molar-refractivity contribution is 0.0943. The quantitative estimate of drug-likeness (QED) is 0.867. The monoisotopic (exact) mass is 230 g/mol. The average Bonchev–Trinajstić information content (AvgIpc) is 2.24. The van der Waals surface area contributed by atoms with Crippen molar-refractivity contribution in [2.45, 2.75) is 27.7 Å². The molecule has 0 radical (unpaired) electrons. The van der Waals surface area contributed by atoms with Crippen molar-refractivity contribution in [3.05, 3.63) is 34.9 Å². The fourth-order valence-corrected chi connectivity index (χ4v) is 1.55. The Kier molecular flexibility index (Phi) is 3.90. The molecular formula is C14H18N2O. The van der Waals surface area contributed by atoms with E-state index in [2.05, 4.69) is 11.4 Å². The van der Waals surface area contributed by atoms with Crippen molar-refractivity contribution in [1.29, 1.82) is 5.26 Å². The molecule has 0 atom stereocenters. The van der Waals surface area contributed by atoms with E-state index in [0.717, 1.165) is 11.1 Å². The van der Waals surface area contributed by atoms with E-state index in [-0.39, 0.29) is 5.91 Å². The molecule has 0 unspecified atom stereocenters. The second-order valence-electron chi connectivity index (χ2n) is 5.05. The lowest BCUT2D eigenvalue weighted by atomic mass is 9.96. The predicted octanol–water partition coefficient (Wildman–Crippen LogP) is 2.58. The van der Waals surface area contributed by atoms with Gasteiger partial charge in [-0.15, -0.1) is 0 Å². The van der Waals surface area contributed by atoms with E-state index in [9.17, 15) is 4.79 Å². The lowest BCUT2D eigenvalue weighted by Crippen LogP contribution is -2.33. The van der Waals surface area contributed by atoms with Gasteiger partial charge >= 0.3 is 0 Å². The van der Waals surface area contributed by atoms with Gasteiger partial charge in [-0.3, -0.25) is 4.79 Å². The van der Waals surface area contributed by atoms with Gasteiger partial charge in [0.2, 0.25) is 0 Å². The Labute approximate surface area is 102 Å². The van der Waals surface area contributed by atoms with Crippen LogP contribution in [0.25, 0.3) is 0 Å². The lowest BCUT2D eigenvalue weighted by Gasteiger charge is -2.16. The molecule has 0 spiro atoms. The van der Waals surface area contributed by atoms with E-state index in [0.29, 0.717) is 12.1 Å². The maximum Gasteiger partial charge on any atom is 0.251 e. The molecule has 0 aromatic heterocycles. The first-order valence-electron chi connectivity index (χ1n) is 5.62. The first-order chi connectivity index (χ1) is 7.84. The Bertz CT molecular complexity index is 449. The van der Waals surface area contributed by atoms with Crippen LogP contribution in [-0.4, -0.2) is 12.5 Å². The van der Waals surface area contributed by atoms with Gasteiger partial charge < -0.3 is 5.32 Å².